The summed E-state index contributed by atoms with van der Waals surface area (Å²) < 4.78 is 5.99. The van der Waals surface area contributed by atoms with Crippen LogP contribution >= 0.6 is 0 Å². The second-order valence-electron chi connectivity index (χ2n) is 5.36. The van der Waals surface area contributed by atoms with E-state index in [1.54, 1.807) is 0 Å². The highest BCUT2D eigenvalue weighted by atomic mass is 16.5. The number of hydrogen-bond donors (Lipinski definition) is 1. The maximum atomic E-state index is 5.99. The Morgan fingerprint density at radius 3 is 2.69 bits per heavy atom. The van der Waals surface area contributed by atoms with E-state index in [0.717, 1.165) is 12.5 Å². The van der Waals surface area contributed by atoms with Crippen molar-refractivity contribution in [1.29, 1.82) is 0 Å². The number of nitrogens with one attached hydrogen (secondary N) is 1. The fraction of sp³-hybridized carbons (Fsp3) is 1.00. The van der Waals surface area contributed by atoms with Crippen LogP contribution in [0, 0.1) is 5.92 Å². The Morgan fingerprint density at radius 2 is 2.00 bits per heavy atom. The molecule has 0 aromatic heterocycles. The van der Waals surface area contributed by atoms with Gasteiger partial charge in [0.25, 0.3) is 0 Å². The lowest BCUT2D eigenvalue weighted by molar-refractivity contribution is -0.00665. The van der Waals surface area contributed by atoms with E-state index in [0.29, 0.717) is 12.1 Å². The molecule has 16 heavy (non-hydrogen) atoms. The average Bonchev–Trinajstić information content (AvgIpc) is 2.30. The van der Waals surface area contributed by atoms with Crippen LogP contribution in [0.5, 0.6) is 0 Å². The number of unbranched alkanes of at least 4 members (excludes halogenated alkanes) is 1. The highest BCUT2D eigenvalue weighted by Crippen LogP contribution is 2.26. The minimum Gasteiger partial charge on any atom is -0.378 e. The molecule has 1 N–H and O–H groups in total. The lowest BCUT2D eigenvalue weighted by Gasteiger charge is -2.28. The second kappa shape index (κ2) is 8.08. The molecule has 0 radical (unpaired) electrons. The summed E-state index contributed by atoms with van der Waals surface area (Å²) in [6.07, 6.45) is 9.73. The number of rotatable bonds is 7. The van der Waals surface area contributed by atoms with Crippen LogP contribution in [0.4, 0.5) is 0 Å². The third-order valence-electron chi connectivity index (χ3n) is 3.89. The first kappa shape index (κ1) is 14.0. The van der Waals surface area contributed by atoms with Gasteiger partial charge in [-0.05, 0) is 52.0 Å². The zero-order chi connectivity index (χ0) is 11.8. The highest BCUT2D eigenvalue weighted by molar-refractivity contribution is 4.72. The Bertz CT molecular complexity index is 172. The largest absolute Gasteiger partial charge is 0.378 e. The van der Waals surface area contributed by atoms with Gasteiger partial charge >= 0.3 is 0 Å². The molecule has 1 aliphatic rings. The molecule has 0 amide bonds. The first-order valence-electron chi connectivity index (χ1n) is 7.03. The van der Waals surface area contributed by atoms with Gasteiger partial charge in [0.15, 0.2) is 0 Å². The molecule has 1 rings (SSSR count). The van der Waals surface area contributed by atoms with Crippen LogP contribution in [0.3, 0.4) is 0 Å². The minimum absolute atomic E-state index is 0.551. The topological polar surface area (TPSA) is 21.3 Å². The van der Waals surface area contributed by atoms with Crippen molar-refractivity contribution in [1.82, 2.24) is 5.32 Å². The Kier molecular flexibility index (Phi) is 7.06. The van der Waals surface area contributed by atoms with E-state index in [4.69, 9.17) is 4.74 Å². The molecule has 0 aromatic rings. The van der Waals surface area contributed by atoms with Crippen LogP contribution < -0.4 is 5.32 Å². The lowest BCUT2D eigenvalue weighted by Crippen LogP contribution is -2.26. The van der Waals surface area contributed by atoms with Gasteiger partial charge in [-0.2, -0.15) is 0 Å². The Labute approximate surface area is 101 Å². The molecule has 1 aliphatic carbocycles. The van der Waals surface area contributed by atoms with E-state index < -0.39 is 0 Å². The molecule has 1 saturated carbocycles. The van der Waals surface area contributed by atoms with Gasteiger partial charge in [0.05, 0.1) is 6.10 Å². The molecule has 3 unspecified atom stereocenters. The zero-order valence-electron chi connectivity index (χ0n) is 11.3. The van der Waals surface area contributed by atoms with Gasteiger partial charge in [-0.25, -0.2) is 0 Å². The fourth-order valence-electron chi connectivity index (χ4n) is 2.46. The summed E-state index contributed by atoms with van der Waals surface area (Å²) in [6.45, 7) is 5.54. The first-order valence-corrected chi connectivity index (χ1v) is 7.03. The van der Waals surface area contributed by atoms with Crippen molar-refractivity contribution >= 4 is 0 Å². The van der Waals surface area contributed by atoms with Crippen LogP contribution in [0.2, 0.25) is 0 Å². The molecule has 0 saturated heterocycles. The molecule has 0 spiro atoms. The van der Waals surface area contributed by atoms with Crippen LogP contribution in [0.1, 0.15) is 58.8 Å². The van der Waals surface area contributed by atoms with Crippen LogP contribution in [-0.2, 0) is 4.74 Å². The minimum atomic E-state index is 0.551. The molecule has 0 aromatic carbocycles. The second-order valence-corrected chi connectivity index (χ2v) is 5.36. The van der Waals surface area contributed by atoms with E-state index in [9.17, 15) is 0 Å². The molecular weight excluding hydrogens is 198 g/mol. The third kappa shape index (κ3) is 5.31. The maximum absolute atomic E-state index is 5.99. The summed E-state index contributed by atoms with van der Waals surface area (Å²) in [6, 6.07) is 0.647. The molecule has 2 nitrogen and oxygen atoms in total. The van der Waals surface area contributed by atoms with E-state index >= 15 is 0 Å². The smallest absolute Gasteiger partial charge is 0.0600 e. The van der Waals surface area contributed by atoms with E-state index in [1.165, 1.54) is 44.9 Å². The zero-order valence-corrected chi connectivity index (χ0v) is 11.3. The molecule has 0 heterocycles. The van der Waals surface area contributed by atoms with Crippen molar-refractivity contribution in [2.45, 2.75) is 70.9 Å². The molecule has 0 bridgehead atoms. The molecule has 96 valence electrons. The predicted octanol–water partition coefficient (Wildman–Crippen LogP) is 3.36. The predicted molar refractivity (Wildman–Crippen MR) is 69.7 cm³/mol. The summed E-state index contributed by atoms with van der Waals surface area (Å²) in [5.74, 6) is 0.782. The van der Waals surface area contributed by atoms with E-state index in [2.05, 4.69) is 19.2 Å². The third-order valence-corrected chi connectivity index (χ3v) is 3.89. The van der Waals surface area contributed by atoms with Crippen molar-refractivity contribution < 1.29 is 4.74 Å². The number of ether oxygens (including phenoxy) is 1. The summed E-state index contributed by atoms with van der Waals surface area (Å²) in [5.41, 5.74) is 0. The van der Waals surface area contributed by atoms with Crippen LogP contribution in [0.25, 0.3) is 0 Å². The number of hydrogen-bond acceptors (Lipinski definition) is 2. The molecule has 0 aliphatic heterocycles. The molecule has 2 heteroatoms. The summed E-state index contributed by atoms with van der Waals surface area (Å²) in [7, 11) is 2.03. The van der Waals surface area contributed by atoms with Crippen molar-refractivity contribution in [3.8, 4) is 0 Å². The summed E-state index contributed by atoms with van der Waals surface area (Å²) in [5, 5.41) is 3.27. The van der Waals surface area contributed by atoms with Gasteiger partial charge in [-0.15, -0.1) is 0 Å². The monoisotopic (exact) mass is 227 g/mol. The lowest BCUT2D eigenvalue weighted by atomic mass is 9.88. The van der Waals surface area contributed by atoms with Crippen molar-refractivity contribution in [3.63, 3.8) is 0 Å². The Morgan fingerprint density at radius 1 is 1.25 bits per heavy atom. The molecule has 3 atom stereocenters. The fourth-order valence-corrected chi connectivity index (χ4v) is 2.46. The van der Waals surface area contributed by atoms with E-state index in [1.807, 2.05) is 7.05 Å². The van der Waals surface area contributed by atoms with Crippen molar-refractivity contribution in [3.05, 3.63) is 0 Å². The summed E-state index contributed by atoms with van der Waals surface area (Å²) in [4.78, 5) is 0. The normalized spacial score (nSPS) is 27.9. The van der Waals surface area contributed by atoms with Gasteiger partial charge in [0.2, 0.25) is 0 Å². The van der Waals surface area contributed by atoms with Gasteiger partial charge in [0, 0.05) is 12.6 Å². The summed E-state index contributed by atoms with van der Waals surface area (Å²) >= 11 is 0. The SMILES string of the molecule is CNC(C)CCCCOC1CCCCC1C. The van der Waals surface area contributed by atoms with Gasteiger partial charge in [-0.1, -0.05) is 19.8 Å². The van der Waals surface area contributed by atoms with Gasteiger partial charge < -0.3 is 10.1 Å². The standard InChI is InChI=1S/C14H29NO/c1-12-8-4-5-10-14(12)16-11-7-6-9-13(2)15-3/h12-15H,4-11H2,1-3H3. The van der Waals surface area contributed by atoms with Crippen molar-refractivity contribution in [2.75, 3.05) is 13.7 Å². The first-order chi connectivity index (χ1) is 7.74. The van der Waals surface area contributed by atoms with Crippen LogP contribution in [0.15, 0.2) is 0 Å². The Balaban J connectivity index is 1.97. The molecular formula is C14H29NO. The maximum Gasteiger partial charge on any atom is 0.0600 e. The van der Waals surface area contributed by atoms with Crippen molar-refractivity contribution in [2.24, 2.45) is 5.92 Å². The van der Waals surface area contributed by atoms with Gasteiger partial charge in [0.1, 0.15) is 0 Å². The molecule has 1 fully saturated rings. The highest BCUT2D eigenvalue weighted by Gasteiger charge is 2.21. The quantitative estimate of drug-likeness (QED) is 0.673. The Hall–Kier alpha value is -0.0800. The van der Waals surface area contributed by atoms with E-state index in [-0.39, 0.29) is 0 Å². The van der Waals surface area contributed by atoms with Gasteiger partial charge in [-0.3, -0.25) is 0 Å². The van der Waals surface area contributed by atoms with Crippen LogP contribution in [-0.4, -0.2) is 25.8 Å². The average molecular weight is 227 g/mol.